The molecule has 1 heteroatoms. The molecule has 1 aromatic carbocycles. The number of hydrogen-bond donors (Lipinski definition) is 0. The highest BCUT2D eigenvalue weighted by Gasteiger charge is 1.90. The van der Waals surface area contributed by atoms with Crippen LogP contribution in [0.1, 0.15) is 6.93 Å². The van der Waals surface area contributed by atoms with Crippen molar-refractivity contribution in [2.24, 2.45) is 0 Å². The molecule has 0 nitrogen and oxygen atoms in total. The number of hydrogen-bond acceptors (Lipinski definition) is 0. The lowest BCUT2D eigenvalue weighted by Gasteiger charge is -1.94. The smallest absolute Gasteiger partial charge is 0.0629 e. The van der Waals surface area contributed by atoms with Gasteiger partial charge < -0.3 is 0 Å². The Bertz CT molecular complexity index is 315. The Morgan fingerprint density at radius 3 is 2.82 bits per heavy atom. The van der Waals surface area contributed by atoms with Gasteiger partial charge in [-0.15, -0.1) is 0 Å². The van der Waals surface area contributed by atoms with E-state index >= 15 is 0 Å². The van der Waals surface area contributed by atoms with Crippen molar-refractivity contribution in [3.05, 3.63) is 53.0 Å². The fraction of sp³-hybridized carbons (Fsp3) is 0. The minimum Gasteiger partial charge on any atom is -0.0991 e. The zero-order chi connectivity index (χ0) is 8.97. The van der Waals surface area contributed by atoms with Crippen LogP contribution < -0.4 is 0 Å². The number of halogens is 1. The van der Waals surface area contributed by atoms with Crippen LogP contribution in [0, 0.1) is 0 Å². The minimum atomic E-state index is 0.470. The summed E-state index contributed by atoms with van der Waals surface area (Å²) in [4.78, 5) is 0. The molecule has 56 valence electrons. The Labute approximate surface area is 76.8 Å². The van der Waals surface area contributed by atoms with Crippen LogP contribution in [0.4, 0.5) is 0 Å². The maximum Gasteiger partial charge on any atom is 0.0629 e. The molecule has 0 fully saturated rings. The van der Waals surface area contributed by atoms with Gasteiger partial charge in [-0.25, -0.2) is 0 Å². The highest BCUT2D eigenvalue weighted by atomic mass is 79.9. The molecule has 0 heterocycles. The van der Waals surface area contributed by atoms with Crippen LogP contribution in [0.15, 0.2) is 47.5 Å². The SMILES string of the molecule is [2H]/C(=C\C=C)c1ccccc1Br. The largest absolute Gasteiger partial charge is 0.0991 e. The molecule has 0 radical (unpaired) electrons. The van der Waals surface area contributed by atoms with E-state index in [-0.39, 0.29) is 0 Å². The lowest BCUT2D eigenvalue weighted by molar-refractivity contribution is 1.60. The Morgan fingerprint density at radius 1 is 1.45 bits per heavy atom. The van der Waals surface area contributed by atoms with Crippen LogP contribution in [-0.2, 0) is 0 Å². The highest BCUT2D eigenvalue weighted by molar-refractivity contribution is 9.10. The second kappa shape index (κ2) is 4.14. The van der Waals surface area contributed by atoms with E-state index in [0.717, 1.165) is 10.0 Å². The summed E-state index contributed by atoms with van der Waals surface area (Å²) < 4.78 is 8.55. The Morgan fingerprint density at radius 2 is 2.18 bits per heavy atom. The van der Waals surface area contributed by atoms with Crippen molar-refractivity contribution >= 4 is 22.0 Å². The van der Waals surface area contributed by atoms with Gasteiger partial charge in [0.05, 0.1) is 1.37 Å². The molecule has 1 rings (SSSR count). The van der Waals surface area contributed by atoms with Gasteiger partial charge in [0.25, 0.3) is 0 Å². The first kappa shape index (κ1) is 6.86. The zero-order valence-electron chi connectivity index (χ0n) is 7.05. The van der Waals surface area contributed by atoms with Gasteiger partial charge in [0.1, 0.15) is 0 Å². The molecule has 0 aliphatic rings. The van der Waals surface area contributed by atoms with Crippen molar-refractivity contribution in [3.8, 4) is 0 Å². The molecule has 0 amide bonds. The lowest BCUT2D eigenvalue weighted by atomic mass is 10.2. The van der Waals surface area contributed by atoms with E-state index in [2.05, 4.69) is 22.5 Å². The molecule has 0 aromatic heterocycles. The van der Waals surface area contributed by atoms with Crippen LogP contribution in [-0.4, -0.2) is 0 Å². The van der Waals surface area contributed by atoms with Crippen LogP contribution >= 0.6 is 15.9 Å². The van der Waals surface area contributed by atoms with Crippen molar-refractivity contribution in [2.75, 3.05) is 0 Å². The van der Waals surface area contributed by atoms with E-state index in [1.165, 1.54) is 0 Å². The third kappa shape index (κ3) is 2.35. The molecule has 0 bridgehead atoms. The van der Waals surface area contributed by atoms with E-state index < -0.39 is 0 Å². The Hall–Kier alpha value is -0.820. The second-order valence-corrected chi connectivity index (χ2v) is 2.88. The quantitative estimate of drug-likeness (QED) is 0.653. The van der Waals surface area contributed by atoms with Crippen molar-refractivity contribution < 1.29 is 1.37 Å². The summed E-state index contributed by atoms with van der Waals surface area (Å²) in [7, 11) is 0. The average molecular weight is 210 g/mol. The van der Waals surface area contributed by atoms with Gasteiger partial charge in [-0.3, -0.25) is 0 Å². The number of allylic oxidation sites excluding steroid dienone is 2. The minimum absolute atomic E-state index is 0.470. The fourth-order valence-electron chi connectivity index (χ4n) is 0.727. The lowest BCUT2D eigenvalue weighted by Crippen LogP contribution is -1.71. The predicted molar refractivity (Wildman–Crippen MR) is 53.4 cm³/mol. The summed E-state index contributed by atoms with van der Waals surface area (Å²) in [5, 5.41) is 0. The molecule has 0 spiro atoms. The highest BCUT2D eigenvalue weighted by Crippen LogP contribution is 2.16. The molecule has 0 saturated carbocycles. The first-order valence-electron chi connectivity index (χ1n) is 3.80. The van der Waals surface area contributed by atoms with Crippen molar-refractivity contribution in [3.63, 3.8) is 0 Å². The van der Waals surface area contributed by atoms with Gasteiger partial charge in [0.15, 0.2) is 0 Å². The number of rotatable bonds is 2. The van der Waals surface area contributed by atoms with Crippen LogP contribution in [0.2, 0.25) is 0 Å². The molecule has 0 unspecified atom stereocenters. The zero-order valence-corrected chi connectivity index (χ0v) is 7.64. The van der Waals surface area contributed by atoms with Gasteiger partial charge in [0, 0.05) is 4.47 Å². The first-order chi connectivity index (χ1) is 5.75. The monoisotopic (exact) mass is 209 g/mol. The summed E-state index contributed by atoms with van der Waals surface area (Å²) in [6, 6.07) is 8.12. The Kier molecular flexibility index (Phi) is 2.58. The van der Waals surface area contributed by atoms with E-state index in [9.17, 15) is 0 Å². The van der Waals surface area contributed by atoms with Gasteiger partial charge in [-0.1, -0.05) is 58.9 Å². The fourth-order valence-corrected chi connectivity index (χ4v) is 1.13. The maximum absolute atomic E-state index is 7.61. The van der Waals surface area contributed by atoms with E-state index in [1.807, 2.05) is 24.3 Å². The summed E-state index contributed by atoms with van der Waals surface area (Å²) in [6.07, 6.45) is 3.28. The molecular formula is C10H9Br. The Balaban J connectivity index is 3.10. The normalized spacial score (nSPS) is 12.5. The topological polar surface area (TPSA) is 0 Å². The summed E-state index contributed by atoms with van der Waals surface area (Å²) in [6.45, 7) is 3.54. The standard InChI is InChI=1S/C10H9Br/c1-2-3-6-9-7-4-5-8-10(9)11/h2-8H,1H2/b6-3+/i6D. The summed E-state index contributed by atoms with van der Waals surface area (Å²) >= 11 is 3.37. The van der Waals surface area contributed by atoms with Crippen molar-refractivity contribution in [1.29, 1.82) is 0 Å². The van der Waals surface area contributed by atoms with Crippen molar-refractivity contribution in [1.82, 2.24) is 0 Å². The summed E-state index contributed by atoms with van der Waals surface area (Å²) in [5.74, 6) is 0. The van der Waals surface area contributed by atoms with E-state index in [4.69, 9.17) is 1.37 Å². The molecule has 1 aromatic rings. The molecule has 11 heavy (non-hydrogen) atoms. The van der Waals surface area contributed by atoms with Crippen LogP contribution in [0.5, 0.6) is 0 Å². The van der Waals surface area contributed by atoms with Gasteiger partial charge in [-0.2, -0.15) is 0 Å². The van der Waals surface area contributed by atoms with Gasteiger partial charge >= 0.3 is 0 Å². The average Bonchev–Trinajstić information content (AvgIpc) is 2.05. The third-order valence-electron chi connectivity index (χ3n) is 1.23. The maximum atomic E-state index is 7.61. The van der Waals surface area contributed by atoms with Crippen LogP contribution in [0.3, 0.4) is 0 Å². The predicted octanol–water partition coefficient (Wildman–Crippen LogP) is 3.65. The molecule has 0 saturated heterocycles. The third-order valence-corrected chi connectivity index (χ3v) is 1.92. The molecular weight excluding hydrogens is 200 g/mol. The number of benzene rings is 1. The molecule has 0 aliphatic carbocycles. The van der Waals surface area contributed by atoms with E-state index in [1.54, 1.807) is 12.2 Å². The molecule has 0 aliphatic heterocycles. The van der Waals surface area contributed by atoms with E-state index in [0.29, 0.717) is 6.05 Å². The summed E-state index contributed by atoms with van der Waals surface area (Å²) in [5.41, 5.74) is 0.886. The first-order valence-corrected chi connectivity index (χ1v) is 4.09. The molecule has 0 N–H and O–H groups in total. The van der Waals surface area contributed by atoms with Crippen LogP contribution in [0.25, 0.3) is 6.05 Å². The van der Waals surface area contributed by atoms with Gasteiger partial charge in [0.2, 0.25) is 0 Å². The van der Waals surface area contributed by atoms with Crippen molar-refractivity contribution in [2.45, 2.75) is 0 Å². The molecule has 0 atom stereocenters. The second-order valence-electron chi connectivity index (χ2n) is 2.03. The van der Waals surface area contributed by atoms with Gasteiger partial charge in [-0.05, 0) is 11.6 Å².